The van der Waals surface area contributed by atoms with Crippen molar-refractivity contribution in [1.29, 1.82) is 0 Å². The lowest BCUT2D eigenvalue weighted by molar-refractivity contribution is -0.130. The van der Waals surface area contributed by atoms with E-state index in [2.05, 4.69) is 31.6 Å². The maximum absolute atomic E-state index is 13.8. The summed E-state index contributed by atoms with van der Waals surface area (Å²) in [6.07, 6.45) is 4.86. The van der Waals surface area contributed by atoms with Crippen LogP contribution in [0.25, 0.3) is 0 Å². The zero-order chi connectivity index (χ0) is 36.7. The van der Waals surface area contributed by atoms with Crippen molar-refractivity contribution in [3.63, 3.8) is 0 Å². The van der Waals surface area contributed by atoms with E-state index < -0.39 is 42.0 Å². The van der Waals surface area contributed by atoms with Gasteiger partial charge in [0.25, 0.3) is 5.91 Å². The zero-order valence-electron chi connectivity index (χ0n) is 29.5. The van der Waals surface area contributed by atoms with E-state index in [0.717, 1.165) is 11.1 Å². The molecule has 1 heterocycles. The number of amides is 4. The number of rotatable bonds is 18. The van der Waals surface area contributed by atoms with Crippen molar-refractivity contribution < 1.29 is 29.1 Å². The van der Waals surface area contributed by atoms with Crippen molar-refractivity contribution in [3.05, 3.63) is 101 Å². The first kappa shape index (κ1) is 39.3. The molecule has 0 unspecified atom stereocenters. The highest BCUT2D eigenvalue weighted by atomic mass is 16.4. The van der Waals surface area contributed by atoms with Gasteiger partial charge in [-0.05, 0) is 67.0 Å². The summed E-state index contributed by atoms with van der Waals surface area (Å²) in [6, 6.07) is 16.3. The summed E-state index contributed by atoms with van der Waals surface area (Å²) in [5.74, 6) is -2.49. The molecule has 12 nitrogen and oxygen atoms in total. The van der Waals surface area contributed by atoms with Gasteiger partial charge in [-0.15, -0.1) is 0 Å². The first-order chi connectivity index (χ1) is 23.8. The van der Waals surface area contributed by atoms with E-state index in [1.807, 2.05) is 58.0 Å². The third-order valence-corrected chi connectivity index (χ3v) is 7.99. The van der Waals surface area contributed by atoms with E-state index in [4.69, 9.17) is 5.11 Å². The average Bonchev–Trinajstić information content (AvgIpc) is 3.09. The van der Waals surface area contributed by atoms with Crippen LogP contribution in [-0.2, 0) is 27.3 Å². The number of aromatic carboxylic acids is 1. The van der Waals surface area contributed by atoms with Crippen molar-refractivity contribution in [2.45, 2.75) is 91.0 Å². The normalized spacial score (nSPS) is 13.6. The van der Waals surface area contributed by atoms with Gasteiger partial charge in [-0.1, -0.05) is 76.6 Å². The number of carboxylic acids is 1. The first-order valence-electron chi connectivity index (χ1n) is 16.9. The van der Waals surface area contributed by atoms with E-state index in [1.54, 1.807) is 31.2 Å². The smallest absolute Gasteiger partial charge is 0.335 e. The lowest BCUT2D eigenvalue weighted by atomic mass is 9.87. The Morgan fingerprint density at radius 2 is 1.40 bits per heavy atom. The molecule has 12 heteroatoms. The summed E-state index contributed by atoms with van der Waals surface area (Å²) in [5, 5.41) is 24.0. The molecule has 3 rings (SSSR count). The van der Waals surface area contributed by atoms with Crippen molar-refractivity contribution >= 4 is 29.6 Å². The molecule has 0 spiro atoms. The molecule has 0 bridgehead atoms. The molecule has 1 aromatic heterocycles. The summed E-state index contributed by atoms with van der Waals surface area (Å²) in [6.45, 7) is 10.1. The second-order valence-electron chi connectivity index (χ2n) is 13.6. The predicted octanol–water partition coefficient (Wildman–Crippen LogP) is 3.62. The lowest BCUT2D eigenvalue weighted by Crippen LogP contribution is -2.57. The number of hydrogen-bond donors (Lipinski definition) is 6. The van der Waals surface area contributed by atoms with Crippen molar-refractivity contribution in [2.24, 2.45) is 5.41 Å². The first-order valence-corrected chi connectivity index (χ1v) is 16.9. The molecule has 0 aliphatic heterocycles. The maximum atomic E-state index is 13.8. The third-order valence-electron chi connectivity index (χ3n) is 7.99. The lowest BCUT2D eigenvalue weighted by Gasteiger charge is -2.29. The minimum atomic E-state index is -1.02. The third kappa shape index (κ3) is 13.4. The van der Waals surface area contributed by atoms with Crippen molar-refractivity contribution in [1.82, 2.24) is 31.6 Å². The Bertz CT molecular complexity index is 1560. The number of nitrogens with one attached hydrogen (secondary N) is 5. The average molecular weight is 687 g/mol. The zero-order valence-corrected chi connectivity index (χ0v) is 29.5. The van der Waals surface area contributed by atoms with Crippen LogP contribution in [0.3, 0.4) is 0 Å². The molecule has 0 fully saturated rings. The molecular formula is C38H50N6O6. The molecule has 4 atom stereocenters. The topological polar surface area (TPSA) is 179 Å². The summed E-state index contributed by atoms with van der Waals surface area (Å²) in [5.41, 5.74) is 2.00. The van der Waals surface area contributed by atoms with Crippen LogP contribution in [0.1, 0.15) is 85.7 Å². The molecule has 0 radical (unpaired) electrons. The molecule has 4 amide bonds. The second kappa shape index (κ2) is 19.2. The van der Waals surface area contributed by atoms with Crippen molar-refractivity contribution in [2.75, 3.05) is 6.54 Å². The Balaban J connectivity index is 1.67. The number of carbonyl (C=O) groups excluding carboxylic acids is 4. The predicted molar refractivity (Wildman–Crippen MR) is 191 cm³/mol. The second-order valence-corrected chi connectivity index (χ2v) is 13.6. The molecule has 0 aliphatic rings. The van der Waals surface area contributed by atoms with E-state index in [1.165, 1.54) is 24.5 Å². The molecule has 268 valence electrons. The molecule has 6 N–H and O–H groups in total. The number of benzene rings is 2. The van der Waals surface area contributed by atoms with Gasteiger partial charge in [0.2, 0.25) is 17.7 Å². The van der Waals surface area contributed by atoms with Crippen LogP contribution in [0.15, 0.2) is 79.1 Å². The van der Waals surface area contributed by atoms with Gasteiger partial charge in [0.15, 0.2) is 0 Å². The van der Waals surface area contributed by atoms with Crippen LogP contribution in [0.4, 0.5) is 0 Å². The maximum Gasteiger partial charge on any atom is 0.335 e. The van der Waals surface area contributed by atoms with Gasteiger partial charge in [0, 0.05) is 37.1 Å². The van der Waals surface area contributed by atoms with Gasteiger partial charge in [-0.25, -0.2) is 4.79 Å². The summed E-state index contributed by atoms with van der Waals surface area (Å²) in [7, 11) is 0. The van der Waals surface area contributed by atoms with Crippen LogP contribution in [0.5, 0.6) is 0 Å². The van der Waals surface area contributed by atoms with Gasteiger partial charge < -0.3 is 31.7 Å². The number of nitrogens with zero attached hydrogens (tertiary/aromatic N) is 1. The number of carbonyl (C=O) groups is 5. The van der Waals surface area contributed by atoms with Gasteiger partial charge in [0.1, 0.15) is 12.1 Å². The van der Waals surface area contributed by atoms with Gasteiger partial charge in [-0.3, -0.25) is 24.2 Å². The van der Waals surface area contributed by atoms with Crippen LogP contribution in [0, 0.1) is 5.41 Å². The highest BCUT2D eigenvalue weighted by Crippen LogP contribution is 2.21. The minimum Gasteiger partial charge on any atom is -0.478 e. The summed E-state index contributed by atoms with van der Waals surface area (Å²) >= 11 is 0. The van der Waals surface area contributed by atoms with E-state index in [9.17, 15) is 24.0 Å². The molecular weight excluding hydrogens is 636 g/mol. The largest absolute Gasteiger partial charge is 0.478 e. The standard InChI is InChI=1S/C38H50N6O6/c1-6-10-31(43-36(48)32(22-38(3,4)5)44-34(46)28-17-19-39-20-18-28)35(47)42-30(21-26-11-8-7-9-12-26)24-40-25(2)33(45)41-23-27-13-15-29(16-14-27)37(49)50/h7-9,11-20,25,30-32,40H,6,10,21-24H2,1-5H3,(H,41,45)(H,42,47)(H,43,48)(H,44,46)(H,49,50)/t25-,30-,31-,32-/m0/s1. The van der Waals surface area contributed by atoms with Crippen LogP contribution in [0.2, 0.25) is 0 Å². The Morgan fingerprint density at radius 1 is 0.760 bits per heavy atom. The molecule has 50 heavy (non-hydrogen) atoms. The number of carboxylic acid groups (broad SMARTS) is 1. The minimum absolute atomic E-state index is 0.167. The van der Waals surface area contributed by atoms with Gasteiger partial charge >= 0.3 is 5.97 Å². The quantitative estimate of drug-likeness (QED) is 0.118. The number of pyridine rings is 1. The van der Waals surface area contributed by atoms with Crippen LogP contribution in [-0.4, -0.2) is 70.4 Å². The highest BCUT2D eigenvalue weighted by molar-refractivity contribution is 5.98. The van der Waals surface area contributed by atoms with Crippen molar-refractivity contribution in [3.8, 4) is 0 Å². The molecule has 0 saturated carbocycles. The fourth-order valence-electron chi connectivity index (χ4n) is 5.29. The van der Waals surface area contributed by atoms with E-state index in [0.29, 0.717) is 31.2 Å². The number of aromatic nitrogens is 1. The van der Waals surface area contributed by atoms with Crippen LogP contribution < -0.4 is 26.6 Å². The molecule has 2 aromatic carbocycles. The van der Waals surface area contributed by atoms with E-state index >= 15 is 0 Å². The molecule has 0 saturated heterocycles. The fraction of sp³-hybridized carbons (Fsp3) is 0.421. The Hall–Kier alpha value is -5.10. The molecule has 0 aliphatic carbocycles. The van der Waals surface area contributed by atoms with Crippen LogP contribution >= 0.6 is 0 Å². The SMILES string of the molecule is CCC[C@H](NC(=O)[C@H](CC(C)(C)C)NC(=O)c1ccncc1)C(=O)N[C@H](CN[C@@H](C)C(=O)NCc1ccc(C(=O)O)cc1)Cc1ccccc1. The van der Waals surface area contributed by atoms with Gasteiger partial charge in [-0.2, -0.15) is 0 Å². The monoisotopic (exact) mass is 686 g/mol. The fourth-order valence-corrected chi connectivity index (χ4v) is 5.29. The highest BCUT2D eigenvalue weighted by Gasteiger charge is 2.31. The molecule has 3 aromatic rings. The number of hydrogen-bond acceptors (Lipinski definition) is 7. The summed E-state index contributed by atoms with van der Waals surface area (Å²) in [4.78, 5) is 68.3. The Labute approximate surface area is 294 Å². The Kier molecular flexibility index (Phi) is 15.1. The Morgan fingerprint density at radius 3 is 2.00 bits per heavy atom. The van der Waals surface area contributed by atoms with E-state index in [-0.39, 0.29) is 35.9 Å². The summed E-state index contributed by atoms with van der Waals surface area (Å²) < 4.78 is 0. The van der Waals surface area contributed by atoms with Gasteiger partial charge in [0.05, 0.1) is 11.6 Å².